The maximum atomic E-state index is 6.02. The average Bonchev–Trinajstić information content (AvgIpc) is 2.05. The second-order valence-corrected chi connectivity index (χ2v) is 3.62. The van der Waals surface area contributed by atoms with Crippen LogP contribution in [-0.2, 0) is 0 Å². The van der Waals surface area contributed by atoms with Crippen molar-refractivity contribution in [2.24, 2.45) is 0 Å². The molecular formula is C10H16ClN. The summed E-state index contributed by atoms with van der Waals surface area (Å²) in [5.41, 5.74) is 2.81. The maximum Gasteiger partial charge on any atom is 0.0556 e. The molecule has 0 spiro atoms. The van der Waals surface area contributed by atoms with Crippen molar-refractivity contribution in [3.63, 3.8) is 0 Å². The van der Waals surface area contributed by atoms with Gasteiger partial charge in [0.05, 0.1) is 5.38 Å². The number of allylic oxidation sites excluding steroid dienone is 2. The van der Waals surface area contributed by atoms with Crippen LogP contribution in [0, 0.1) is 0 Å². The van der Waals surface area contributed by atoms with E-state index in [0.717, 1.165) is 19.4 Å². The third-order valence-electron chi connectivity index (χ3n) is 2.13. The van der Waals surface area contributed by atoms with E-state index in [2.05, 4.69) is 24.4 Å². The molecular weight excluding hydrogens is 170 g/mol. The molecule has 0 radical (unpaired) electrons. The molecule has 0 aromatic heterocycles. The molecule has 68 valence electrons. The van der Waals surface area contributed by atoms with Crippen molar-refractivity contribution in [3.8, 4) is 0 Å². The molecule has 0 fully saturated rings. The minimum Gasteiger partial charge on any atom is -0.316 e. The SMILES string of the molecule is CCC1=CCC(Cl)C=C1CNC. The van der Waals surface area contributed by atoms with Gasteiger partial charge in [0.2, 0.25) is 0 Å². The fraction of sp³-hybridized carbons (Fsp3) is 0.600. The number of hydrogen-bond donors (Lipinski definition) is 1. The largest absolute Gasteiger partial charge is 0.316 e. The van der Waals surface area contributed by atoms with Gasteiger partial charge in [-0.05, 0) is 31.0 Å². The number of alkyl halides is 1. The summed E-state index contributed by atoms with van der Waals surface area (Å²) in [5, 5.41) is 3.35. The first-order chi connectivity index (χ1) is 5.77. The van der Waals surface area contributed by atoms with Crippen LogP contribution >= 0.6 is 11.6 Å². The molecule has 0 saturated carbocycles. The molecule has 1 unspecified atom stereocenters. The van der Waals surface area contributed by atoms with E-state index >= 15 is 0 Å². The molecule has 1 N–H and O–H groups in total. The predicted octanol–water partition coefficient (Wildman–Crippen LogP) is 2.48. The molecule has 0 aromatic carbocycles. The summed E-state index contributed by atoms with van der Waals surface area (Å²) < 4.78 is 0. The number of halogens is 1. The Bertz CT molecular complexity index is 206. The van der Waals surface area contributed by atoms with Gasteiger partial charge in [0.1, 0.15) is 0 Å². The highest BCUT2D eigenvalue weighted by atomic mass is 35.5. The lowest BCUT2D eigenvalue weighted by molar-refractivity contribution is 0.843. The van der Waals surface area contributed by atoms with Gasteiger partial charge >= 0.3 is 0 Å². The molecule has 0 aliphatic heterocycles. The Hall–Kier alpha value is -0.270. The van der Waals surface area contributed by atoms with Gasteiger partial charge in [-0.1, -0.05) is 19.1 Å². The minimum absolute atomic E-state index is 0.198. The molecule has 0 heterocycles. The van der Waals surface area contributed by atoms with E-state index in [1.807, 2.05) is 7.05 Å². The fourth-order valence-corrected chi connectivity index (χ4v) is 1.75. The third-order valence-corrected chi connectivity index (χ3v) is 2.44. The molecule has 2 heteroatoms. The van der Waals surface area contributed by atoms with E-state index in [9.17, 15) is 0 Å². The topological polar surface area (TPSA) is 12.0 Å². The second-order valence-electron chi connectivity index (χ2n) is 3.06. The minimum atomic E-state index is 0.198. The molecule has 0 aromatic rings. The predicted molar refractivity (Wildman–Crippen MR) is 54.6 cm³/mol. The van der Waals surface area contributed by atoms with Gasteiger partial charge in [-0.25, -0.2) is 0 Å². The highest BCUT2D eigenvalue weighted by molar-refractivity contribution is 6.22. The van der Waals surface area contributed by atoms with E-state index in [1.165, 1.54) is 11.1 Å². The summed E-state index contributed by atoms with van der Waals surface area (Å²) in [6.45, 7) is 3.12. The summed E-state index contributed by atoms with van der Waals surface area (Å²) >= 11 is 6.02. The summed E-state index contributed by atoms with van der Waals surface area (Å²) in [5.74, 6) is 0. The molecule has 0 bridgehead atoms. The van der Waals surface area contributed by atoms with Gasteiger partial charge in [0.15, 0.2) is 0 Å². The van der Waals surface area contributed by atoms with Crippen LogP contribution in [0.5, 0.6) is 0 Å². The van der Waals surface area contributed by atoms with Gasteiger partial charge in [0, 0.05) is 6.54 Å². The highest BCUT2D eigenvalue weighted by Gasteiger charge is 2.11. The van der Waals surface area contributed by atoms with Crippen molar-refractivity contribution >= 4 is 11.6 Å². The van der Waals surface area contributed by atoms with Crippen molar-refractivity contribution in [2.45, 2.75) is 25.1 Å². The molecule has 1 aliphatic carbocycles. The Morgan fingerprint density at radius 2 is 2.33 bits per heavy atom. The van der Waals surface area contributed by atoms with Crippen molar-refractivity contribution in [1.29, 1.82) is 0 Å². The van der Waals surface area contributed by atoms with Gasteiger partial charge in [-0.3, -0.25) is 0 Å². The lowest BCUT2D eigenvalue weighted by Crippen LogP contribution is -2.15. The van der Waals surface area contributed by atoms with E-state index in [4.69, 9.17) is 11.6 Å². The smallest absolute Gasteiger partial charge is 0.0556 e. The normalized spacial score (nSPS) is 23.4. The van der Waals surface area contributed by atoms with Crippen LogP contribution in [-0.4, -0.2) is 19.0 Å². The molecule has 1 nitrogen and oxygen atoms in total. The molecule has 0 saturated heterocycles. The Kier molecular flexibility index (Phi) is 3.83. The van der Waals surface area contributed by atoms with Crippen molar-refractivity contribution in [2.75, 3.05) is 13.6 Å². The zero-order chi connectivity index (χ0) is 8.97. The second kappa shape index (κ2) is 4.68. The van der Waals surface area contributed by atoms with E-state index < -0.39 is 0 Å². The van der Waals surface area contributed by atoms with Crippen LogP contribution in [0.15, 0.2) is 23.3 Å². The summed E-state index contributed by atoms with van der Waals surface area (Å²) in [6, 6.07) is 0. The number of hydrogen-bond acceptors (Lipinski definition) is 1. The van der Waals surface area contributed by atoms with E-state index in [1.54, 1.807) is 0 Å². The van der Waals surface area contributed by atoms with Crippen LogP contribution in [0.1, 0.15) is 19.8 Å². The van der Waals surface area contributed by atoms with Crippen LogP contribution < -0.4 is 5.32 Å². The van der Waals surface area contributed by atoms with Gasteiger partial charge < -0.3 is 5.32 Å². The summed E-state index contributed by atoms with van der Waals surface area (Å²) in [6.07, 6.45) is 6.51. The molecule has 1 rings (SSSR count). The lowest BCUT2D eigenvalue weighted by atomic mass is 9.95. The van der Waals surface area contributed by atoms with Crippen molar-refractivity contribution in [1.82, 2.24) is 5.32 Å². The van der Waals surface area contributed by atoms with E-state index in [0.29, 0.717) is 0 Å². The first kappa shape index (κ1) is 9.82. The summed E-state index contributed by atoms with van der Waals surface area (Å²) in [4.78, 5) is 0. The zero-order valence-electron chi connectivity index (χ0n) is 7.73. The Labute approximate surface area is 79.5 Å². The number of nitrogens with one attached hydrogen (secondary N) is 1. The van der Waals surface area contributed by atoms with Crippen LogP contribution in [0.2, 0.25) is 0 Å². The van der Waals surface area contributed by atoms with Crippen LogP contribution in [0.3, 0.4) is 0 Å². The highest BCUT2D eigenvalue weighted by Crippen LogP contribution is 2.23. The van der Waals surface area contributed by atoms with Crippen LogP contribution in [0.4, 0.5) is 0 Å². The van der Waals surface area contributed by atoms with Crippen LogP contribution in [0.25, 0.3) is 0 Å². The molecule has 1 aliphatic rings. The molecule has 0 amide bonds. The Morgan fingerprint density at radius 3 is 2.92 bits per heavy atom. The quantitative estimate of drug-likeness (QED) is 0.667. The fourth-order valence-electron chi connectivity index (χ4n) is 1.51. The lowest BCUT2D eigenvalue weighted by Gasteiger charge is -2.17. The van der Waals surface area contributed by atoms with Crippen molar-refractivity contribution in [3.05, 3.63) is 23.3 Å². The third kappa shape index (κ3) is 2.36. The molecule has 12 heavy (non-hydrogen) atoms. The van der Waals surface area contributed by atoms with Crippen molar-refractivity contribution < 1.29 is 0 Å². The Morgan fingerprint density at radius 1 is 1.58 bits per heavy atom. The molecule has 1 atom stereocenters. The maximum absolute atomic E-state index is 6.02. The first-order valence-electron chi connectivity index (χ1n) is 4.46. The Balaban J connectivity index is 2.68. The number of likely N-dealkylation sites (N-methyl/N-ethyl adjacent to an activating group) is 1. The number of rotatable bonds is 3. The zero-order valence-corrected chi connectivity index (χ0v) is 8.49. The van der Waals surface area contributed by atoms with Gasteiger partial charge in [-0.15, -0.1) is 11.6 Å². The van der Waals surface area contributed by atoms with E-state index in [-0.39, 0.29) is 5.38 Å². The summed E-state index contributed by atoms with van der Waals surface area (Å²) in [7, 11) is 1.96. The van der Waals surface area contributed by atoms with Gasteiger partial charge in [-0.2, -0.15) is 0 Å². The van der Waals surface area contributed by atoms with Gasteiger partial charge in [0.25, 0.3) is 0 Å². The average molecular weight is 186 g/mol. The monoisotopic (exact) mass is 185 g/mol. The standard InChI is InChI=1S/C10H16ClN/c1-3-8-4-5-10(11)6-9(8)7-12-2/h4,6,10,12H,3,5,7H2,1-2H3. The first-order valence-corrected chi connectivity index (χ1v) is 4.90.